The van der Waals surface area contributed by atoms with Crippen molar-refractivity contribution < 1.29 is 18.3 Å². The summed E-state index contributed by atoms with van der Waals surface area (Å²) >= 11 is 0. The normalized spacial score (nSPS) is 11.3. The summed E-state index contributed by atoms with van der Waals surface area (Å²) in [4.78, 5) is 11.3. The van der Waals surface area contributed by atoms with Crippen LogP contribution in [0.1, 0.15) is 37.8 Å². The summed E-state index contributed by atoms with van der Waals surface area (Å²) in [5.41, 5.74) is 1.52. The number of aryl methyl sites for hydroxylation is 2. The van der Waals surface area contributed by atoms with Gasteiger partial charge >= 0.3 is 15.3 Å². The summed E-state index contributed by atoms with van der Waals surface area (Å²) in [6, 6.07) is 5.27. The van der Waals surface area contributed by atoms with E-state index in [1.54, 1.807) is 18.2 Å². The van der Waals surface area contributed by atoms with Crippen LogP contribution in [0.4, 0.5) is 10.5 Å². The van der Waals surface area contributed by atoms with Gasteiger partial charge in [-0.3, -0.25) is 0 Å². The molecule has 5 nitrogen and oxygen atoms in total. The molecule has 0 aliphatic rings. The topological polar surface area (TPSA) is 74.7 Å². The number of halogens is 1. The van der Waals surface area contributed by atoms with E-state index in [1.807, 2.05) is 13.8 Å². The Labute approximate surface area is 123 Å². The lowest BCUT2D eigenvalue weighted by Gasteiger charge is -2.22. The quantitative estimate of drug-likeness (QED) is 0.813. The number of amides is 1. The SMILES string of the molecule is CCCc1cccc(CCC)c1N(C(=O)O)S(=O)(=O)Cl. The number of hydrogen-bond acceptors (Lipinski definition) is 3. The molecule has 20 heavy (non-hydrogen) atoms. The molecule has 112 valence electrons. The van der Waals surface area contributed by atoms with Crippen LogP contribution in [0.15, 0.2) is 18.2 Å². The summed E-state index contributed by atoms with van der Waals surface area (Å²) in [7, 11) is 0.897. The second-order valence-electron chi connectivity index (χ2n) is 4.41. The predicted molar refractivity (Wildman–Crippen MR) is 79.7 cm³/mol. The number of carboxylic acid groups (broad SMARTS) is 1. The molecule has 0 bridgehead atoms. The fourth-order valence-electron chi connectivity index (χ4n) is 2.15. The monoisotopic (exact) mass is 319 g/mol. The fraction of sp³-hybridized carbons (Fsp3) is 0.462. The third kappa shape index (κ3) is 3.86. The van der Waals surface area contributed by atoms with Gasteiger partial charge in [-0.1, -0.05) is 44.9 Å². The zero-order chi connectivity index (χ0) is 15.3. The average Bonchev–Trinajstić information content (AvgIpc) is 2.31. The summed E-state index contributed by atoms with van der Waals surface area (Å²) < 4.78 is 23.5. The van der Waals surface area contributed by atoms with E-state index in [0.717, 1.165) is 12.8 Å². The van der Waals surface area contributed by atoms with Crippen LogP contribution in [-0.2, 0) is 22.1 Å². The summed E-state index contributed by atoms with van der Waals surface area (Å²) in [6.45, 7) is 3.88. The van der Waals surface area contributed by atoms with Crippen LogP contribution >= 0.6 is 10.7 Å². The Kier molecular flexibility index (Phi) is 5.83. The van der Waals surface area contributed by atoms with Crippen molar-refractivity contribution in [1.29, 1.82) is 0 Å². The van der Waals surface area contributed by atoms with Crippen molar-refractivity contribution in [2.45, 2.75) is 39.5 Å². The maximum atomic E-state index is 11.6. The Balaban J connectivity index is 3.55. The molecule has 0 radical (unpaired) electrons. The molecule has 1 aromatic carbocycles. The molecular weight excluding hydrogens is 302 g/mol. The van der Waals surface area contributed by atoms with E-state index >= 15 is 0 Å². The molecule has 0 unspecified atom stereocenters. The van der Waals surface area contributed by atoms with Gasteiger partial charge in [-0.2, -0.15) is 12.7 Å². The molecule has 1 N–H and O–H groups in total. The summed E-state index contributed by atoms with van der Waals surface area (Å²) in [6.07, 6.45) is 1.13. The van der Waals surface area contributed by atoms with Crippen molar-refractivity contribution in [3.05, 3.63) is 29.3 Å². The fourth-order valence-corrected chi connectivity index (χ4v) is 3.17. The average molecular weight is 320 g/mol. The summed E-state index contributed by atoms with van der Waals surface area (Å²) in [5, 5.41) is 9.21. The first-order chi connectivity index (χ1) is 9.32. The molecule has 0 aromatic heterocycles. The van der Waals surface area contributed by atoms with Gasteiger partial charge in [-0.15, -0.1) is 0 Å². The van der Waals surface area contributed by atoms with E-state index in [9.17, 15) is 18.3 Å². The lowest BCUT2D eigenvalue weighted by atomic mass is 10.0. The highest BCUT2D eigenvalue weighted by atomic mass is 35.7. The first kappa shape index (κ1) is 16.8. The van der Waals surface area contributed by atoms with Crippen molar-refractivity contribution in [1.82, 2.24) is 0 Å². The Bertz CT molecular complexity index is 562. The second-order valence-corrected chi connectivity index (χ2v) is 6.77. The van der Waals surface area contributed by atoms with E-state index in [2.05, 4.69) is 0 Å². The van der Waals surface area contributed by atoms with Crippen LogP contribution in [0.25, 0.3) is 0 Å². The van der Waals surface area contributed by atoms with Crippen LogP contribution in [0.2, 0.25) is 0 Å². The van der Waals surface area contributed by atoms with Gasteiger partial charge < -0.3 is 5.11 Å². The molecular formula is C13H18ClNO4S. The molecule has 0 aliphatic carbocycles. The maximum absolute atomic E-state index is 11.6. The number of hydrogen-bond donors (Lipinski definition) is 1. The Morgan fingerprint density at radius 3 is 1.95 bits per heavy atom. The van der Waals surface area contributed by atoms with E-state index in [1.165, 1.54) is 0 Å². The van der Waals surface area contributed by atoms with Gasteiger partial charge in [0.15, 0.2) is 0 Å². The second kappa shape index (κ2) is 6.95. The van der Waals surface area contributed by atoms with E-state index in [0.29, 0.717) is 24.0 Å². The van der Waals surface area contributed by atoms with Crippen LogP contribution in [-0.4, -0.2) is 19.6 Å². The minimum absolute atomic E-state index is 0.179. The van der Waals surface area contributed by atoms with Crippen LogP contribution in [0, 0.1) is 0 Å². The molecule has 1 rings (SSSR count). The third-order valence-corrected chi connectivity index (χ3v) is 4.03. The molecule has 0 saturated heterocycles. The third-order valence-electron chi connectivity index (χ3n) is 2.84. The number of nitrogens with zero attached hydrogens (tertiary/aromatic N) is 1. The minimum atomic E-state index is -4.39. The largest absolute Gasteiger partial charge is 0.464 e. The molecule has 0 atom stereocenters. The van der Waals surface area contributed by atoms with Gasteiger partial charge in [0.2, 0.25) is 0 Å². The molecule has 0 aliphatic heterocycles. The lowest BCUT2D eigenvalue weighted by Crippen LogP contribution is -2.34. The molecule has 0 spiro atoms. The van der Waals surface area contributed by atoms with Crippen molar-refractivity contribution in [2.24, 2.45) is 0 Å². The first-order valence-electron chi connectivity index (χ1n) is 6.41. The number of rotatable bonds is 6. The predicted octanol–water partition coefficient (Wildman–Crippen LogP) is 3.56. The Hall–Kier alpha value is -1.27. The molecule has 7 heteroatoms. The number of para-hydroxylation sites is 1. The van der Waals surface area contributed by atoms with Crippen LogP contribution < -0.4 is 4.31 Å². The highest BCUT2D eigenvalue weighted by Crippen LogP contribution is 2.31. The number of anilines is 1. The van der Waals surface area contributed by atoms with Crippen molar-refractivity contribution in [3.63, 3.8) is 0 Å². The number of carbonyl (C=O) groups is 1. The maximum Gasteiger partial charge on any atom is 0.426 e. The van der Waals surface area contributed by atoms with Gasteiger partial charge in [0.1, 0.15) is 0 Å². The van der Waals surface area contributed by atoms with Gasteiger partial charge in [0, 0.05) is 10.7 Å². The van der Waals surface area contributed by atoms with Crippen molar-refractivity contribution in [3.8, 4) is 0 Å². The van der Waals surface area contributed by atoms with Gasteiger partial charge in [0.25, 0.3) is 0 Å². The smallest absolute Gasteiger partial charge is 0.426 e. The van der Waals surface area contributed by atoms with Gasteiger partial charge in [0.05, 0.1) is 5.69 Å². The first-order valence-corrected chi connectivity index (χ1v) is 8.68. The molecule has 1 aromatic rings. The zero-order valence-electron chi connectivity index (χ0n) is 11.5. The Morgan fingerprint density at radius 2 is 1.65 bits per heavy atom. The van der Waals surface area contributed by atoms with Gasteiger partial charge in [-0.25, -0.2) is 4.79 Å². The number of benzene rings is 1. The van der Waals surface area contributed by atoms with E-state index < -0.39 is 15.3 Å². The molecule has 1 amide bonds. The highest BCUT2D eigenvalue weighted by Gasteiger charge is 2.30. The van der Waals surface area contributed by atoms with E-state index in [-0.39, 0.29) is 9.99 Å². The van der Waals surface area contributed by atoms with E-state index in [4.69, 9.17) is 10.7 Å². The van der Waals surface area contributed by atoms with Crippen LogP contribution in [0.3, 0.4) is 0 Å². The highest BCUT2D eigenvalue weighted by molar-refractivity contribution is 8.15. The lowest BCUT2D eigenvalue weighted by molar-refractivity contribution is 0.206. The zero-order valence-corrected chi connectivity index (χ0v) is 13.0. The molecule has 0 fully saturated rings. The molecule has 0 heterocycles. The minimum Gasteiger partial charge on any atom is -0.464 e. The molecule has 0 saturated carbocycles. The van der Waals surface area contributed by atoms with Crippen molar-refractivity contribution >= 4 is 31.7 Å². The summed E-state index contributed by atoms with van der Waals surface area (Å²) in [5.74, 6) is 0. The standard InChI is InChI=1S/C13H18ClNO4S/c1-3-6-10-8-5-9-11(7-4-2)12(10)15(13(16)17)20(14,18)19/h5,8-9H,3-4,6-7H2,1-2H3,(H,16,17). The van der Waals surface area contributed by atoms with Crippen molar-refractivity contribution in [2.75, 3.05) is 4.31 Å². The van der Waals surface area contributed by atoms with Gasteiger partial charge in [-0.05, 0) is 24.0 Å². The Morgan fingerprint density at radius 1 is 1.20 bits per heavy atom. The van der Waals surface area contributed by atoms with Crippen LogP contribution in [0.5, 0.6) is 0 Å².